The lowest BCUT2D eigenvalue weighted by Gasteiger charge is -2.08. The molecule has 5 heteroatoms. The average molecular weight is 277 g/mol. The number of hydrogen-bond donors (Lipinski definition) is 0. The van der Waals surface area contributed by atoms with Crippen LogP contribution in [0.3, 0.4) is 0 Å². The minimum absolute atomic E-state index is 0.544. The smallest absolute Gasteiger partial charge is 0.186 e. The highest BCUT2D eigenvalue weighted by Gasteiger charge is 2.10. The number of rotatable bonds is 4. The first-order valence-corrected chi connectivity index (χ1v) is 7.67. The summed E-state index contributed by atoms with van der Waals surface area (Å²) in [6, 6.07) is 5.52. The fourth-order valence-electron chi connectivity index (χ4n) is 1.18. The molecule has 0 aliphatic carbocycles. The normalized spacial score (nSPS) is 13.7. The molecule has 0 saturated heterocycles. The van der Waals surface area contributed by atoms with Gasteiger partial charge >= 0.3 is 0 Å². The Bertz CT molecular complexity index is 392. The van der Waals surface area contributed by atoms with Crippen LogP contribution in [0.2, 0.25) is 5.02 Å². The molecule has 0 heterocycles. The van der Waals surface area contributed by atoms with Crippen molar-refractivity contribution >= 4 is 40.6 Å². The molecule has 0 aliphatic heterocycles. The topological polar surface area (TPSA) is 32.3 Å². The van der Waals surface area contributed by atoms with E-state index in [2.05, 4.69) is 0 Å². The summed E-state index contributed by atoms with van der Waals surface area (Å²) in [5.74, 6) is 0.623. The highest BCUT2D eigenvalue weighted by molar-refractivity contribution is 8.18. The van der Waals surface area contributed by atoms with Crippen LogP contribution in [-0.2, 0) is 11.2 Å². The van der Waals surface area contributed by atoms with Gasteiger partial charge in [0, 0.05) is 11.6 Å². The summed E-state index contributed by atoms with van der Waals surface area (Å²) in [5, 5.41) is 0.544. The molecule has 0 fully saturated rings. The zero-order valence-corrected chi connectivity index (χ0v) is 11.7. The second-order valence-electron chi connectivity index (χ2n) is 2.99. The molecule has 1 atom stereocenters. The van der Waals surface area contributed by atoms with Crippen molar-refractivity contribution in [1.82, 2.24) is 0 Å². The highest BCUT2D eigenvalue weighted by atomic mass is 35.5. The maximum absolute atomic E-state index is 11.4. The predicted octanol–water partition coefficient (Wildman–Crippen LogP) is 3.39. The molecule has 1 aromatic carbocycles. The first kappa shape index (κ1) is 13.8. The summed E-state index contributed by atoms with van der Waals surface area (Å²) in [5.41, 5.74) is 0.820. The van der Waals surface area contributed by atoms with E-state index in [1.165, 1.54) is 11.8 Å². The number of ether oxygens (including phenoxy) is 1. The molecule has 0 amide bonds. The van der Waals surface area contributed by atoms with Crippen molar-refractivity contribution < 1.29 is 9.29 Å². The Morgan fingerprint density at radius 1 is 1.56 bits per heavy atom. The standard InChI is InChI=1S/C11H13ClO2S2/c1-14-9-6-4-5-8(11(9)12)7-10(15-2)16(3)13/h4-7H,1-3H3. The third-order valence-corrected chi connectivity index (χ3v) is 4.78. The fourth-order valence-corrected chi connectivity index (χ4v) is 2.92. The van der Waals surface area contributed by atoms with Crippen molar-refractivity contribution in [2.24, 2.45) is 0 Å². The summed E-state index contributed by atoms with van der Waals surface area (Å²) in [4.78, 5) is 0. The number of benzene rings is 1. The Morgan fingerprint density at radius 3 is 2.75 bits per heavy atom. The van der Waals surface area contributed by atoms with Gasteiger partial charge in [0.25, 0.3) is 0 Å². The van der Waals surface area contributed by atoms with Crippen molar-refractivity contribution in [3.8, 4) is 5.75 Å². The zero-order chi connectivity index (χ0) is 12.1. The molecular formula is C11H13ClO2S2. The Morgan fingerprint density at radius 2 is 2.25 bits per heavy atom. The summed E-state index contributed by atoms with van der Waals surface area (Å²) in [6.07, 6.45) is 5.36. The van der Waals surface area contributed by atoms with E-state index < -0.39 is 11.2 Å². The lowest BCUT2D eigenvalue weighted by Crippen LogP contribution is -1.97. The van der Waals surface area contributed by atoms with E-state index in [1.54, 1.807) is 19.4 Å². The maximum atomic E-state index is 11.4. The number of methoxy groups -OCH3 is 1. The van der Waals surface area contributed by atoms with Crippen LogP contribution in [0, 0.1) is 0 Å². The molecule has 1 rings (SSSR count). The van der Waals surface area contributed by atoms with Crippen LogP contribution in [0.1, 0.15) is 5.56 Å². The molecule has 0 aliphatic rings. The lowest BCUT2D eigenvalue weighted by molar-refractivity contribution is 0.415. The van der Waals surface area contributed by atoms with Crippen LogP contribution >= 0.6 is 23.4 Å². The molecule has 0 bridgehead atoms. The molecule has 88 valence electrons. The SMILES string of the molecule is COc1cccc(C=C(SC)[S+](C)[O-])c1Cl. The Kier molecular flexibility index (Phi) is 5.55. The Labute approximate surface area is 108 Å². The van der Waals surface area contributed by atoms with Crippen LogP contribution in [0.5, 0.6) is 5.75 Å². The van der Waals surface area contributed by atoms with Gasteiger partial charge in [0.1, 0.15) is 12.0 Å². The summed E-state index contributed by atoms with van der Waals surface area (Å²) < 4.78 is 17.3. The highest BCUT2D eigenvalue weighted by Crippen LogP contribution is 2.31. The van der Waals surface area contributed by atoms with Crippen LogP contribution < -0.4 is 4.74 Å². The van der Waals surface area contributed by atoms with E-state index in [1.807, 2.05) is 24.5 Å². The van der Waals surface area contributed by atoms with Crippen LogP contribution in [0.25, 0.3) is 6.08 Å². The molecule has 0 saturated carbocycles. The zero-order valence-electron chi connectivity index (χ0n) is 9.32. The largest absolute Gasteiger partial charge is 0.611 e. The van der Waals surface area contributed by atoms with Crippen LogP contribution in [0.15, 0.2) is 22.4 Å². The van der Waals surface area contributed by atoms with Gasteiger partial charge in [0.2, 0.25) is 0 Å². The van der Waals surface area contributed by atoms with Crippen molar-refractivity contribution in [3.63, 3.8) is 0 Å². The van der Waals surface area contributed by atoms with Gasteiger partial charge < -0.3 is 9.29 Å². The minimum Gasteiger partial charge on any atom is -0.611 e. The monoisotopic (exact) mass is 276 g/mol. The van der Waals surface area contributed by atoms with Gasteiger partial charge in [-0.05, 0) is 23.5 Å². The first-order chi connectivity index (χ1) is 7.60. The van der Waals surface area contributed by atoms with Gasteiger partial charge in [-0.3, -0.25) is 0 Å². The van der Waals surface area contributed by atoms with E-state index in [0.29, 0.717) is 10.8 Å². The Hall–Kier alpha value is -0.290. The number of halogens is 1. The quantitative estimate of drug-likeness (QED) is 0.790. The molecule has 0 aromatic heterocycles. The summed E-state index contributed by atoms with van der Waals surface area (Å²) in [6.45, 7) is 0. The number of thioether (sulfide) groups is 1. The van der Waals surface area contributed by atoms with Crippen molar-refractivity contribution in [3.05, 3.63) is 33.0 Å². The lowest BCUT2D eigenvalue weighted by atomic mass is 10.2. The third-order valence-electron chi connectivity index (χ3n) is 1.97. The average Bonchev–Trinajstić information content (AvgIpc) is 2.27. The van der Waals surface area contributed by atoms with Crippen molar-refractivity contribution in [2.45, 2.75) is 0 Å². The minimum atomic E-state index is -0.996. The van der Waals surface area contributed by atoms with E-state index in [0.717, 1.165) is 9.80 Å². The molecule has 2 nitrogen and oxygen atoms in total. The maximum Gasteiger partial charge on any atom is 0.186 e. The first-order valence-electron chi connectivity index (χ1n) is 4.51. The van der Waals surface area contributed by atoms with Crippen LogP contribution in [-0.4, -0.2) is 24.2 Å². The molecule has 1 aromatic rings. The summed E-state index contributed by atoms with van der Waals surface area (Å²) in [7, 11) is 1.57. The molecule has 0 spiro atoms. The van der Waals surface area contributed by atoms with Gasteiger partial charge in [-0.25, -0.2) is 0 Å². The van der Waals surface area contributed by atoms with Crippen LogP contribution in [0.4, 0.5) is 0 Å². The molecule has 1 unspecified atom stereocenters. The van der Waals surface area contributed by atoms with Gasteiger partial charge in [-0.1, -0.05) is 35.5 Å². The van der Waals surface area contributed by atoms with Gasteiger partial charge in [-0.15, -0.1) is 0 Å². The molecule has 16 heavy (non-hydrogen) atoms. The van der Waals surface area contributed by atoms with Gasteiger partial charge in [0.05, 0.1) is 12.1 Å². The fraction of sp³-hybridized carbons (Fsp3) is 0.273. The van der Waals surface area contributed by atoms with Gasteiger partial charge in [-0.2, -0.15) is 0 Å². The third kappa shape index (κ3) is 3.35. The second-order valence-corrected chi connectivity index (χ2v) is 5.82. The molecular weight excluding hydrogens is 264 g/mol. The second kappa shape index (κ2) is 6.45. The van der Waals surface area contributed by atoms with E-state index in [-0.39, 0.29) is 0 Å². The van der Waals surface area contributed by atoms with Crippen molar-refractivity contribution in [2.75, 3.05) is 19.6 Å². The van der Waals surface area contributed by atoms with Gasteiger partial charge in [0.15, 0.2) is 4.24 Å². The molecule has 0 radical (unpaired) electrons. The summed E-state index contributed by atoms with van der Waals surface area (Å²) >= 11 is 6.60. The molecule has 0 N–H and O–H groups in total. The van der Waals surface area contributed by atoms with Crippen molar-refractivity contribution in [1.29, 1.82) is 0 Å². The van der Waals surface area contributed by atoms with E-state index >= 15 is 0 Å². The van der Waals surface area contributed by atoms with E-state index in [4.69, 9.17) is 16.3 Å². The van der Waals surface area contributed by atoms with E-state index in [9.17, 15) is 4.55 Å². The number of hydrogen-bond acceptors (Lipinski definition) is 3. The predicted molar refractivity (Wildman–Crippen MR) is 73.6 cm³/mol. The Balaban J connectivity index is 3.13.